The van der Waals surface area contributed by atoms with Gasteiger partial charge in [-0.25, -0.2) is 0 Å². The molecule has 30 heavy (non-hydrogen) atoms. The van der Waals surface area contributed by atoms with E-state index in [1.54, 1.807) is 25.2 Å². The van der Waals surface area contributed by atoms with Crippen LogP contribution in [-0.2, 0) is 19.1 Å². The average Bonchev–Trinajstić information content (AvgIpc) is 3.08. The maximum Gasteiger partial charge on any atom is 0.307 e. The van der Waals surface area contributed by atoms with Crippen molar-refractivity contribution in [3.63, 3.8) is 0 Å². The minimum absolute atomic E-state index is 0.00972. The highest BCUT2D eigenvalue weighted by molar-refractivity contribution is 6.00. The molecule has 1 saturated heterocycles. The molecule has 1 aromatic carbocycles. The van der Waals surface area contributed by atoms with Gasteiger partial charge in [-0.05, 0) is 38.1 Å². The molecular weight excluding hydrogens is 394 g/mol. The Morgan fingerprint density at radius 3 is 2.63 bits per heavy atom. The largest absolute Gasteiger partial charge is 0.483 e. The van der Waals surface area contributed by atoms with E-state index in [1.165, 1.54) is 12.0 Å². The van der Waals surface area contributed by atoms with Crippen molar-refractivity contribution >= 4 is 29.9 Å². The molecule has 1 fully saturated rings. The SMILES string of the molecule is COC(=O)C[C@H]1CC[C@@H](CNC(=O)c2ccc3c(c2)N(C)C(=O)CO3)N1C.O=CO. The van der Waals surface area contributed by atoms with Crippen LogP contribution in [0.4, 0.5) is 5.69 Å². The molecule has 0 spiro atoms. The molecular formula is C20H27N3O7. The Bertz CT molecular complexity index is 799. The zero-order valence-corrected chi connectivity index (χ0v) is 17.3. The van der Waals surface area contributed by atoms with Gasteiger partial charge in [0.15, 0.2) is 6.61 Å². The Kier molecular flexibility index (Phi) is 8.16. The molecule has 3 rings (SSSR count). The average molecular weight is 421 g/mol. The normalized spacial score (nSPS) is 20.4. The molecule has 2 aliphatic heterocycles. The van der Waals surface area contributed by atoms with Crippen LogP contribution in [0, 0.1) is 0 Å². The van der Waals surface area contributed by atoms with Crippen molar-refractivity contribution < 1.29 is 33.8 Å². The number of benzene rings is 1. The molecule has 0 radical (unpaired) electrons. The lowest BCUT2D eigenvalue weighted by Gasteiger charge is -2.27. The van der Waals surface area contributed by atoms with Crippen LogP contribution in [0.3, 0.4) is 0 Å². The van der Waals surface area contributed by atoms with Crippen LogP contribution in [0.25, 0.3) is 0 Å². The van der Waals surface area contributed by atoms with E-state index in [2.05, 4.69) is 10.2 Å². The molecule has 0 bridgehead atoms. The first kappa shape index (κ1) is 23.1. The number of nitrogens with one attached hydrogen (secondary N) is 1. The number of methoxy groups -OCH3 is 1. The third kappa shape index (κ3) is 5.47. The smallest absolute Gasteiger partial charge is 0.307 e. The quantitative estimate of drug-likeness (QED) is 0.520. The number of hydrogen-bond acceptors (Lipinski definition) is 7. The number of nitrogens with zero attached hydrogens (tertiary/aromatic N) is 2. The standard InChI is InChI=1S/C19H25N3O5.CH2O2/c1-21-13(9-18(24)26-3)5-6-14(21)10-20-19(25)12-4-7-16-15(8-12)22(2)17(23)11-27-16;2-1-3/h4,7-8,13-14H,5-6,9-11H2,1-3H3,(H,20,25);1H,(H,2,3)/t13-,14+;/m1./s1. The predicted molar refractivity (Wildman–Crippen MR) is 108 cm³/mol. The van der Waals surface area contributed by atoms with Crippen LogP contribution >= 0.6 is 0 Å². The fourth-order valence-electron chi connectivity index (χ4n) is 3.58. The number of carboxylic acid groups (broad SMARTS) is 1. The van der Waals surface area contributed by atoms with E-state index in [-0.39, 0.29) is 42.9 Å². The van der Waals surface area contributed by atoms with Crippen molar-refractivity contribution in [3.05, 3.63) is 23.8 Å². The second kappa shape index (κ2) is 10.6. The summed E-state index contributed by atoms with van der Waals surface area (Å²) < 4.78 is 10.1. The summed E-state index contributed by atoms with van der Waals surface area (Å²) in [5.41, 5.74) is 1.07. The number of ether oxygens (including phenoxy) is 2. The molecule has 0 unspecified atom stereocenters. The van der Waals surface area contributed by atoms with Crippen LogP contribution < -0.4 is 15.0 Å². The highest BCUT2D eigenvalue weighted by Gasteiger charge is 2.32. The minimum atomic E-state index is -0.250. The van der Waals surface area contributed by atoms with Crippen molar-refractivity contribution in [2.75, 3.05) is 39.3 Å². The summed E-state index contributed by atoms with van der Waals surface area (Å²) in [5, 5.41) is 9.84. The first-order valence-corrected chi connectivity index (χ1v) is 9.50. The molecule has 2 atom stereocenters. The fourth-order valence-corrected chi connectivity index (χ4v) is 3.58. The zero-order valence-electron chi connectivity index (χ0n) is 17.3. The molecule has 10 heteroatoms. The summed E-state index contributed by atoms with van der Waals surface area (Å²) in [6.45, 7) is 0.255. The molecule has 0 aromatic heterocycles. The number of anilines is 1. The van der Waals surface area contributed by atoms with Gasteiger partial charge in [0, 0.05) is 31.2 Å². The van der Waals surface area contributed by atoms with E-state index in [4.69, 9.17) is 19.4 Å². The number of esters is 1. The Hall–Kier alpha value is -3.14. The molecule has 2 heterocycles. The highest BCUT2D eigenvalue weighted by atomic mass is 16.5. The summed E-state index contributed by atoms with van der Waals surface area (Å²) in [7, 11) is 5.03. The van der Waals surface area contributed by atoms with Gasteiger partial charge in [0.2, 0.25) is 0 Å². The Balaban J connectivity index is 0.00000101. The Labute approximate surface area is 174 Å². The van der Waals surface area contributed by atoms with Crippen molar-refractivity contribution in [2.24, 2.45) is 0 Å². The van der Waals surface area contributed by atoms with E-state index in [0.717, 1.165) is 12.8 Å². The summed E-state index contributed by atoms with van der Waals surface area (Å²) >= 11 is 0. The van der Waals surface area contributed by atoms with Gasteiger partial charge in [0.25, 0.3) is 18.3 Å². The van der Waals surface area contributed by atoms with Gasteiger partial charge in [0.05, 0.1) is 19.2 Å². The van der Waals surface area contributed by atoms with Crippen LogP contribution in [0.5, 0.6) is 5.75 Å². The predicted octanol–water partition coefficient (Wildman–Crippen LogP) is 0.498. The number of carbonyl (C=O) groups excluding carboxylic acids is 3. The van der Waals surface area contributed by atoms with Crippen molar-refractivity contribution in [1.82, 2.24) is 10.2 Å². The summed E-state index contributed by atoms with van der Waals surface area (Å²) in [4.78, 5) is 47.8. The van der Waals surface area contributed by atoms with E-state index >= 15 is 0 Å². The monoisotopic (exact) mass is 421 g/mol. The molecule has 1 aromatic rings. The van der Waals surface area contributed by atoms with Crippen molar-refractivity contribution in [1.29, 1.82) is 0 Å². The van der Waals surface area contributed by atoms with E-state index in [0.29, 0.717) is 30.0 Å². The van der Waals surface area contributed by atoms with Crippen LogP contribution in [0.15, 0.2) is 18.2 Å². The fraction of sp³-hybridized carbons (Fsp3) is 0.500. The highest BCUT2D eigenvalue weighted by Crippen LogP contribution is 2.32. The molecule has 10 nitrogen and oxygen atoms in total. The number of rotatable bonds is 5. The lowest BCUT2D eigenvalue weighted by Crippen LogP contribution is -2.41. The first-order valence-electron chi connectivity index (χ1n) is 9.50. The van der Waals surface area contributed by atoms with Crippen LogP contribution in [0.2, 0.25) is 0 Å². The Morgan fingerprint density at radius 2 is 1.97 bits per heavy atom. The van der Waals surface area contributed by atoms with Crippen molar-refractivity contribution in [3.8, 4) is 5.75 Å². The van der Waals surface area contributed by atoms with Crippen molar-refractivity contribution in [2.45, 2.75) is 31.3 Å². The summed E-state index contributed by atoms with van der Waals surface area (Å²) in [5.74, 6) is 0.0274. The number of fused-ring (bicyclic) bond motifs is 1. The summed E-state index contributed by atoms with van der Waals surface area (Å²) in [6, 6.07) is 5.38. The maximum absolute atomic E-state index is 12.5. The van der Waals surface area contributed by atoms with Gasteiger partial charge in [0.1, 0.15) is 5.75 Å². The number of likely N-dealkylation sites (N-methyl/N-ethyl adjacent to an activating group) is 2. The lowest BCUT2D eigenvalue weighted by atomic mass is 10.1. The molecule has 0 saturated carbocycles. The van der Waals surface area contributed by atoms with E-state index < -0.39 is 0 Å². The van der Waals surface area contributed by atoms with Gasteiger partial charge in [-0.3, -0.25) is 24.1 Å². The second-order valence-electron chi connectivity index (χ2n) is 7.07. The summed E-state index contributed by atoms with van der Waals surface area (Å²) in [6.07, 6.45) is 2.17. The number of amides is 2. The van der Waals surface area contributed by atoms with E-state index in [1.807, 2.05) is 7.05 Å². The number of likely N-dealkylation sites (tertiary alicyclic amines) is 1. The number of hydrogen-bond donors (Lipinski definition) is 2. The Morgan fingerprint density at radius 1 is 1.30 bits per heavy atom. The van der Waals surface area contributed by atoms with Gasteiger partial charge in [-0.1, -0.05) is 0 Å². The minimum Gasteiger partial charge on any atom is -0.483 e. The van der Waals surface area contributed by atoms with Gasteiger partial charge in [-0.15, -0.1) is 0 Å². The molecule has 2 amide bonds. The van der Waals surface area contributed by atoms with Crippen LogP contribution in [-0.4, -0.2) is 80.7 Å². The molecule has 0 aliphatic carbocycles. The van der Waals surface area contributed by atoms with Gasteiger partial charge < -0.3 is 24.8 Å². The molecule has 2 aliphatic rings. The third-order valence-electron chi connectivity index (χ3n) is 5.42. The lowest BCUT2D eigenvalue weighted by molar-refractivity contribution is -0.141. The second-order valence-corrected chi connectivity index (χ2v) is 7.07. The number of carbonyl (C=O) groups is 4. The topological polar surface area (TPSA) is 125 Å². The third-order valence-corrected chi connectivity index (χ3v) is 5.42. The molecule has 164 valence electrons. The van der Waals surface area contributed by atoms with E-state index in [9.17, 15) is 14.4 Å². The first-order chi connectivity index (χ1) is 14.3. The zero-order chi connectivity index (χ0) is 22.3. The van der Waals surface area contributed by atoms with Gasteiger partial charge in [-0.2, -0.15) is 0 Å². The molecule has 2 N–H and O–H groups in total. The van der Waals surface area contributed by atoms with Gasteiger partial charge >= 0.3 is 5.97 Å². The maximum atomic E-state index is 12.5. The van der Waals surface area contributed by atoms with Crippen LogP contribution in [0.1, 0.15) is 29.6 Å².